The van der Waals surface area contributed by atoms with Crippen LogP contribution in [0.25, 0.3) is 0 Å². The number of hydrogen-bond acceptors (Lipinski definition) is 4. The summed E-state index contributed by atoms with van der Waals surface area (Å²) in [6, 6.07) is -0.0149. The van der Waals surface area contributed by atoms with Crippen LogP contribution in [0, 0.1) is 5.41 Å². The smallest absolute Gasteiger partial charge is 0.317 e. The van der Waals surface area contributed by atoms with Crippen LogP contribution in [-0.4, -0.2) is 58.6 Å². The van der Waals surface area contributed by atoms with Crippen LogP contribution >= 0.6 is 0 Å². The number of nitrogens with one attached hydrogen (secondary N) is 1. The molecule has 0 fully saturated rings. The van der Waals surface area contributed by atoms with E-state index in [4.69, 9.17) is 10.2 Å². The Hall–Kier alpha value is -1.63. The summed E-state index contributed by atoms with van der Waals surface area (Å²) >= 11 is 0. The number of carbonyl (C=O) groups excluding carboxylic acids is 1. The van der Waals surface area contributed by atoms with Gasteiger partial charge in [0.25, 0.3) is 0 Å². The number of hydrogen-bond donors (Lipinski definition) is 3. The van der Waals surface area contributed by atoms with Gasteiger partial charge in [-0.05, 0) is 31.6 Å². The first-order valence-electron chi connectivity index (χ1n) is 9.45. The zero-order chi connectivity index (χ0) is 20.2. The van der Waals surface area contributed by atoms with Crippen LogP contribution in [0.15, 0.2) is 0 Å². The van der Waals surface area contributed by atoms with Crippen LogP contribution < -0.4 is 5.32 Å². The van der Waals surface area contributed by atoms with Crippen molar-refractivity contribution in [3.05, 3.63) is 0 Å². The Bertz CT molecular complexity index is 446. The number of carboxylic acids is 2. The molecule has 0 heterocycles. The van der Waals surface area contributed by atoms with Crippen LogP contribution in [0.1, 0.15) is 72.6 Å². The molecule has 0 aliphatic carbocycles. The van der Waals surface area contributed by atoms with Crippen LogP contribution in [0.5, 0.6) is 0 Å². The van der Waals surface area contributed by atoms with Crippen molar-refractivity contribution in [2.45, 2.75) is 78.7 Å². The second-order valence-corrected chi connectivity index (χ2v) is 8.15. The van der Waals surface area contributed by atoms with Gasteiger partial charge in [0.1, 0.15) is 0 Å². The zero-order valence-electron chi connectivity index (χ0n) is 16.7. The predicted molar refractivity (Wildman–Crippen MR) is 101 cm³/mol. The van der Waals surface area contributed by atoms with E-state index < -0.39 is 11.9 Å². The standard InChI is InChI=1S/C19H36N2O5/c1-15(9-7-5-6-8-10-17(23)24)21(14-18(25)26)13-16(22)20-12-11-19(2,3)4/h15H,5-14H2,1-4H3,(H,20,22)(H,23,24)(H,25,26). The molecule has 0 saturated carbocycles. The summed E-state index contributed by atoms with van der Waals surface area (Å²) in [7, 11) is 0. The molecule has 0 aliphatic rings. The van der Waals surface area contributed by atoms with Crippen molar-refractivity contribution in [2.24, 2.45) is 5.41 Å². The average molecular weight is 373 g/mol. The third-order valence-electron chi connectivity index (χ3n) is 4.27. The number of rotatable bonds is 14. The zero-order valence-corrected chi connectivity index (χ0v) is 16.7. The number of carbonyl (C=O) groups is 3. The molecule has 0 aromatic heterocycles. The van der Waals surface area contributed by atoms with Crippen molar-refractivity contribution in [3.8, 4) is 0 Å². The van der Waals surface area contributed by atoms with Crippen molar-refractivity contribution in [2.75, 3.05) is 19.6 Å². The summed E-state index contributed by atoms with van der Waals surface area (Å²) in [6.07, 6.45) is 5.16. The molecular formula is C19H36N2O5. The second kappa shape index (κ2) is 12.7. The van der Waals surface area contributed by atoms with Gasteiger partial charge in [0.15, 0.2) is 0 Å². The van der Waals surface area contributed by atoms with E-state index in [0.29, 0.717) is 13.0 Å². The molecule has 0 aromatic rings. The quantitative estimate of drug-likeness (QED) is 0.405. The monoisotopic (exact) mass is 372 g/mol. The van der Waals surface area contributed by atoms with E-state index >= 15 is 0 Å². The summed E-state index contributed by atoms with van der Waals surface area (Å²) in [5.41, 5.74) is 0.141. The van der Waals surface area contributed by atoms with Crippen LogP contribution in [0.4, 0.5) is 0 Å². The molecule has 0 aromatic carbocycles. The van der Waals surface area contributed by atoms with Gasteiger partial charge in [0, 0.05) is 19.0 Å². The molecule has 7 heteroatoms. The van der Waals surface area contributed by atoms with Crippen molar-refractivity contribution < 1.29 is 24.6 Å². The molecule has 0 saturated heterocycles. The molecule has 1 atom stereocenters. The summed E-state index contributed by atoms with van der Waals surface area (Å²) in [5.74, 6) is -1.87. The lowest BCUT2D eigenvalue weighted by Gasteiger charge is -2.27. The third-order valence-corrected chi connectivity index (χ3v) is 4.27. The van der Waals surface area contributed by atoms with Gasteiger partial charge >= 0.3 is 11.9 Å². The summed E-state index contributed by atoms with van der Waals surface area (Å²) in [4.78, 5) is 35.3. The van der Waals surface area contributed by atoms with E-state index in [1.165, 1.54) is 0 Å². The molecule has 1 amide bonds. The van der Waals surface area contributed by atoms with Gasteiger partial charge in [0.05, 0.1) is 13.1 Å². The highest BCUT2D eigenvalue weighted by Gasteiger charge is 2.20. The Labute approximate surface area is 157 Å². The fourth-order valence-electron chi connectivity index (χ4n) is 2.61. The second-order valence-electron chi connectivity index (χ2n) is 8.15. The Balaban J connectivity index is 4.25. The topological polar surface area (TPSA) is 107 Å². The van der Waals surface area contributed by atoms with Crippen LogP contribution in [-0.2, 0) is 14.4 Å². The Morgan fingerprint density at radius 1 is 0.962 bits per heavy atom. The van der Waals surface area contributed by atoms with Crippen LogP contribution in [0.3, 0.4) is 0 Å². The number of carboxylic acid groups (broad SMARTS) is 2. The van der Waals surface area contributed by atoms with Gasteiger partial charge in [-0.15, -0.1) is 0 Å². The third kappa shape index (κ3) is 14.7. The lowest BCUT2D eigenvalue weighted by Crippen LogP contribution is -2.44. The fourth-order valence-corrected chi connectivity index (χ4v) is 2.61. The Kier molecular flexibility index (Phi) is 11.9. The molecule has 7 nitrogen and oxygen atoms in total. The highest BCUT2D eigenvalue weighted by atomic mass is 16.4. The van der Waals surface area contributed by atoms with Crippen molar-refractivity contribution in [3.63, 3.8) is 0 Å². The lowest BCUT2D eigenvalue weighted by atomic mass is 9.92. The van der Waals surface area contributed by atoms with Gasteiger partial charge in [-0.3, -0.25) is 19.3 Å². The minimum absolute atomic E-state index is 0.0149. The minimum Gasteiger partial charge on any atom is -0.481 e. The summed E-state index contributed by atoms with van der Waals surface area (Å²) in [5, 5.41) is 20.6. The maximum absolute atomic E-state index is 12.1. The van der Waals surface area contributed by atoms with Gasteiger partial charge in [-0.1, -0.05) is 40.0 Å². The number of amides is 1. The molecule has 0 aliphatic heterocycles. The molecule has 0 radical (unpaired) electrons. The van der Waals surface area contributed by atoms with E-state index in [1.54, 1.807) is 4.90 Å². The molecule has 152 valence electrons. The fraction of sp³-hybridized carbons (Fsp3) is 0.842. The van der Waals surface area contributed by atoms with E-state index in [-0.39, 0.29) is 36.9 Å². The molecule has 26 heavy (non-hydrogen) atoms. The summed E-state index contributed by atoms with van der Waals surface area (Å²) in [6.45, 7) is 8.75. The maximum Gasteiger partial charge on any atom is 0.317 e. The number of unbranched alkanes of at least 4 members (excludes halogenated alkanes) is 3. The Morgan fingerprint density at radius 3 is 2.12 bits per heavy atom. The highest BCUT2D eigenvalue weighted by molar-refractivity contribution is 5.79. The van der Waals surface area contributed by atoms with Crippen LogP contribution in [0.2, 0.25) is 0 Å². The molecule has 0 bridgehead atoms. The van der Waals surface area contributed by atoms with Crippen molar-refractivity contribution in [1.29, 1.82) is 0 Å². The van der Waals surface area contributed by atoms with Crippen molar-refractivity contribution >= 4 is 17.8 Å². The molecule has 1 unspecified atom stereocenters. The first-order valence-corrected chi connectivity index (χ1v) is 9.45. The largest absolute Gasteiger partial charge is 0.481 e. The van der Waals surface area contributed by atoms with E-state index in [9.17, 15) is 14.4 Å². The average Bonchev–Trinajstić information content (AvgIpc) is 2.47. The minimum atomic E-state index is -0.944. The number of nitrogens with zero attached hydrogens (tertiary/aromatic N) is 1. The normalized spacial score (nSPS) is 12.8. The van der Waals surface area contributed by atoms with Gasteiger partial charge in [0.2, 0.25) is 5.91 Å². The predicted octanol–water partition coefficient (Wildman–Crippen LogP) is 2.74. The highest BCUT2D eigenvalue weighted by Crippen LogP contribution is 2.17. The molecule has 0 rings (SSSR count). The van der Waals surface area contributed by atoms with E-state index in [1.807, 2.05) is 6.92 Å². The van der Waals surface area contributed by atoms with E-state index in [2.05, 4.69) is 26.1 Å². The summed E-state index contributed by atoms with van der Waals surface area (Å²) < 4.78 is 0. The molecule has 3 N–H and O–H groups in total. The Morgan fingerprint density at radius 2 is 1.58 bits per heavy atom. The van der Waals surface area contributed by atoms with Crippen molar-refractivity contribution in [1.82, 2.24) is 10.2 Å². The molecular weight excluding hydrogens is 336 g/mol. The lowest BCUT2D eigenvalue weighted by molar-refractivity contribution is -0.139. The van der Waals surface area contributed by atoms with Gasteiger partial charge in [-0.25, -0.2) is 0 Å². The number of aliphatic carboxylic acids is 2. The van der Waals surface area contributed by atoms with E-state index in [0.717, 1.165) is 32.1 Å². The van der Waals surface area contributed by atoms with Gasteiger partial charge in [-0.2, -0.15) is 0 Å². The first-order chi connectivity index (χ1) is 12.0. The molecule has 0 spiro atoms. The van der Waals surface area contributed by atoms with Gasteiger partial charge < -0.3 is 15.5 Å². The first kappa shape index (κ1) is 24.4. The maximum atomic E-state index is 12.1. The SMILES string of the molecule is CC(CCCCCCC(=O)O)N(CC(=O)O)CC(=O)NCCC(C)(C)C.